The normalized spacial score (nSPS) is 12.3. The van der Waals surface area contributed by atoms with Crippen molar-refractivity contribution in [1.82, 2.24) is 0 Å². The van der Waals surface area contributed by atoms with Crippen LogP contribution in [0.15, 0.2) is 12.1 Å². The second kappa shape index (κ2) is 8.60. The number of rotatable bonds is 8. The number of aliphatic hydroxyl groups is 1. The number of quaternary nitrogens is 1. The van der Waals surface area contributed by atoms with E-state index >= 15 is 0 Å². The molecule has 0 spiro atoms. The van der Waals surface area contributed by atoms with Crippen LogP contribution in [-0.4, -0.2) is 31.5 Å². The summed E-state index contributed by atoms with van der Waals surface area (Å²) in [7, 11) is 1.66. The van der Waals surface area contributed by atoms with Gasteiger partial charge in [0.25, 0.3) is 0 Å². The minimum atomic E-state index is 0.210. The number of benzene rings is 1. The standard InChI is InChI=1S/C14H22INO3/c1-4-11(9-17)16-8-10-6-12(15)14(19-5-2)13(7-10)18-3/h6-7,11,16-17H,4-5,8-9H2,1-3H3/p+1/t11-/m0/s1. The maximum Gasteiger partial charge on any atom is 0.174 e. The molecule has 1 rings (SSSR count). The van der Waals surface area contributed by atoms with Crippen molar-refractivity contribution in [1.29, 1.82) is 0 Å². The molecule has 5 heteroatoms. The van der Waals surface area contributed by atoms with Crippen molar-refractivity contribution in [3.05, 3.63) is 21.3 Å². The van der Waals surface area contributed by atoms with Crippen LogP contribution in [0.25, 0.3) is 0 Å². The Morgan fingerprint density at radius 3 is 2.63 bits per heavy atom. The monoisotopic (exact) mass is 380 g/mol. The SMILES string of the molecule is CCOc1c(I)cc(C[NH2+][C@@H](CC)CO)cc1OC. The molecule has 1 aromatic carbocycles. The van der Waals surface area contributed by atoms with Crippen LogP contribution in [-0.2, 0) is 6.54 Å². The fourth-order valence-corrected chi connectivity index (χ4v) is 2.67. The number of hydrogen-bond acceptors (Lipinski definition) is 3. The first kappa shape index (κ1) is 16.5. The van der Waals surface area contributed by atoms with E-state index in [0.29, 0.717) is 6.61 Å². The third kappa shape index (κ3) is 4.81. The van der Waals surface area contributed by atoms with Gasteiger partial charge >= 0.3 is 0 Å². The van der Waals surface area contributed by atoms with Gasteiger partial charge in [-0.15, -0.1) is 0 Å². The molecule has 108 valence electrons. The van der Waals surface area contributed by atoms with E-state index in [-0.39, 0.29) is 12.6 Å². The van der Waals surface area contributed by atoms with Crippen LogP contribution in [0, 0.1) is 3.57 Å². The highest BCUT2D eigenvalue weighted by Gasteiger charge is 2.13. The smallest absolute Gasteiger partial charge is 0.174 e. The number of hydrogen-bond donors (Lipinski definition) is 2. The van der Waals surface area contributed by atoms with Gasteiger partial charge in [-0.3, -0.25) is 0 Å². The molecule has 0 bridgehead atoms. The van der Waals surface area contributed by atoms with E-state index in [1.807, 2.05) is 13.0 Å². The molecule has 3 N–H and O–H groups in total. The van der Waals surface area contributed by atoms with Crippen LogP contribution in [0.3, 0.4) is 0 Å². The first-order valence-corrected chi connectivity index (χ1v) is 7.67. The summed E-state index contributed by atoms with van der Waals surface area (Å²) in [5.74, 6) is 1.58. The van der Waals surface area contributed by atoms with Crippen molar-refractivity contribution in [3.63, 3.8) is 0 Å². The Balaban J connectivity index is 2.83. The van der Waals surface area contributed by atoms with Gasteiger partial charge in [0.1, 0.15) is 12.6 Å². The minimum Gasteiger partial charge on any atom is -0.493 e. The molecule has 1 aromatic rings. The Morgan fingerprint density at radius 2 is 2.11 bits per heavy atom. The summed E-state index contributed by atoms with van der Waals surface area (Å²) in [6.45, 7) is 5.71. The molecule has 0 aromatic heterocycles. The number of halogens is 1. The lowest BCUT2D eigenvalue weighted by Crippen LogP contribution is -2.89. The van der Waals surface area contributed by atoms with Crippen molar-refractivity contribution in [2.75, 3.05) is 20.3 Å². The van der Waals surface area contributed by atoms with E-state index in [9.17, 15) is 5.11 Å². The Labute approximate surface area is 128 Å². The fraction of sp³-hybridized carbons (Fsp3) is 0.571. The zero-order valence-electron chi connectivity index (χ0n) is 11.8. The number of aliphatic hydroxyl groups excluding tert-OH is 1. The van der Waals surface area contributed by atoms with Crippen LogP contribution < -0.4 is 14.8 Å². The first-order valence-electron chi connectivity index (χ1n) is 6.59. The molecular weight excluding hydrogens is 357 g/mol. The van der Waals surface area contributed by atoms with Crippen LogP contribution in [0.4, 0.5) is 0 Å². The third-order valence-electron chi connectivity index (χ3n) is 3.02. The molecule has 0 saturated carbocycles. The number of ether oxygens (including phenoxy) is 2. The summed E-state index contributed by atoms with van der Waals surface area (Å²) in [5.41, 5.74) is 1.18. The maximum absolute atomic E-state index is 9.20. The van der Waals surface area contributed by atoms with Crippen molar-refractivity contribution in [2.45, 2.75) is 32.9 Å². The van der Waals surface area contributed by atoms with Crippen LogP contribution in [0.5, 0.6) is 11.5 Å². The summed E-state index contributed by atoms with van der Waals surface area (Å²) in [6, 6.07) is 4.37. The molecule has 0 unspecified atom stereocenters. The van der Waals surface area contributed by atoms with Crippen molar-refractivity contribution in [3.8, 4) is 11.5 Å². The molecular formula is C14H23INO3+. The molecule has 19 heavy (non-hydrogen) atoms. The molecule has 0 amide bonds. The molecule has 0 aliphatic carbocycles. The molecule has 0 aliphatic heterocycles. The Kier molecular flexibility index (Phi) is 7.48. The minimum absolute atomic E-state index is 0.210. The van der Waals surface area contributed by atoms with E-state index in [1.54, 1.807) is 7.11 Å². The van der Waals surface area contributed by atoms with E-state index in [2.05, 4.69) is 40.9 Å². The second-order valence-corrected chi connectivity index (χ2v) is 5.49. The number of methoxy groups -OCH3 is 1. The molecule has 0 saturated heterocycles. The van der Waals surface area contributed by atoms with Crippen LogP contribution in [0.2, 0.25) is 0 Å². The van der Waals surface area contributed by atoms with Crippen LogP contribution >= 0.6 is 22.6 Å². The van der Waals surface area contributed by atoms with Crippen molar-refractivity contribution >= 4 is 22.6 Å². The van der Waals surface area contributed by atoms with Gasteiger partial charge in [-0.2, -0.15) is 0 Å². The summed E-state index contributed by atoms with van der Waals surface area (Å²) in [4.78, 5) is 0. The van der Waals surface area contributed by atoms with Gasteiger partial charge in [0.05, 0.1) is 23.9 Å². The molecule has 4 nitrogen and oxygen atoms in total. The summed E-state index contributed by atoms with van der Waals surface area (Å²) < 4.78 is 12.0. The van der Waals surface area contributed by atoms with E-state index in [0.717, 1.165) is 28.0 Å². The van der Waals surface area contributed by atoms with E-state index in [1.165, 1.54) is 5.56 Å². The molecule has 0 radical (unpaired) electrons. The maximum atomic E-state index is 9.20. The molecule has 1 atom stereocenters. The quantitative estimate of drug-likeness (QED) is 0.673. The lowest BCUT2D eigenvalue weighted by molar-refractivity contribution is -0.706. The van der Waals surface area contributed by atoms with E-state index in [4.69, 9.17) is 9.47 Å². The Bertz CT molecular complexity index is 395. The highest BCUT2D eigenvalue weighted by Crippen LogP contribution is 2.33. The fourth-order valence-electron chi connectivity index (χ4n) is 1.85. The lowest BCUT2D eigenvalue weighted by atomic mass is 10.1. The zero-order valence-corrected chi connectivity index (χ0v) is 13.9. The highest BCUT2D eigenvalue weighted by atomic mass is 127. The van der Waals surface area contributed by atoms with Gasteiger partial charge in [0.2, 0.25) is 0 Å². The van der Waals surface area contributed by atoms with Gasteiger partial charge in [0, 0.05) is 5.56 Å². The van der Waals surface area contributed by atoms with Gasteiger partial charge in [-0.25, -0.2) is 0 Å². The predicted molar refractivity (Wildman–Crippen MR) is 83.7 cm³/mol. The average Bonchev–Trinajstić information content (AvgIpc) is 2.42. The lowest BCUT2D eigenvalue weighted by Gasteiger charge is -2.14. The topological polar surface area (TPSA) is 55.3 Å². The highest BCUT2D eigenvalue weighted by molar-refractivity contribution is 14.1. The van der Waals surface area contributed by atoms with Crippen LogP contribution in [0.1, 0.15) is 25.8 Å². The molecule has 0 fully saturated rings. The van der Waals surface area contributed by atoms with Gasteiger partial charge < -0.3 is 19.9 Å². The van der Waals surface area contributed by atoms with Crippen molar-refractivity contribution < 1.29 is 19.9 Å². The molecule has 0 heterocycles. The average molecular weight is 380 g/mol. The van der Waals surface area contributed by atoms with Gasteiger partial charge in [-0.1, -0.05) is 6.92 Å². The Hall–Kier alpha value is -0.530. The zero-order chi connectivity index (χ0) is 14.3. The second-order valence-electron chi connectivity index (χ2n) is 4.33. The number of nitrogens with two attached hydrogens (primary N) is 1. The van der Waals surface area contributed by atoms with Gasteiger partial charge in [-0.05, 0) is 48.1 Å². The Morgan fingerprint density at radius 1 is 1.37 bits per heavy atom. The summed E-state index contributed by atoms with van der Waals surface area (Å²) >= 11 is 2.27. The van der Waals surface area contributed by atoms with E-state index < -0.39 is 0 Å². The predicted octanol–water partition coefficient (Wildman–Crippen LogP) is 1.53. The third-order valence-corrected chi connectivity index (χ3v) is 3.82. The molecule has 0 aliphatic rings. The van der Waals surface area contributed by atoms with Gasteiger partial charge in [0.15, 0.2) is 11.5 Å². The first-order chi connectivity index (χ1) is 9.15. The van der Waals surface area contributed by atoms with Crippen molar-refractivity contribution in [2.24, 2.45) is 0 Å². The summed E-state index contributed by atoms with van der Waals surface area (Å²) in [6.07, 6.45) is 0.960. The largest absolute Gasteiger partial charge is 0.493 e. The summed E-state index contributed by atoms with van der Waals surface area (Å²) in [5, 5.41) is 11.4.